The fourth-order valence-electron chi connectivity index (χ4n) is 3.85. The van der Waals surface area contributed by atoms with Gasteiger partial charge in [-0.05, 0) is 48.4 Å². The van der Waals surface area contributed by atoms with Crippen molar-refractivity contribution in [2.45, 2.75) is 13.3 Å². The number of hydrogen-bond acceptors (Lipinski definition) is 5. The summed E-state index contributed by atoms with van der Waals surface area (Å²) in [5.41, 5.74) is 5.12. The van der Waals surface area contributed by atoms with E-state index in [1.807, 2.05) is 61.5 Å². The third-order valence-electron chi connectivity index (χ3n) is 5.71. The van der Waals surface area contributed by atoms with Crippen molar-refractivity contribution in [3.8, 4) is 28.3 Å². The molecule has 0 fully saturated rings. The Balaban J connectivity index is 1.53. The van der Waals surface area contributed by atoms with Crippen LogP contribution >= 0.6 is 12.2 Å². The highest BCUT2D eigenvalue weighted by Crippen LogP contribution is 2.37. The normalized spacial score (nSPS) is 12.9. The number of nitrogens with one attached hydrogen (secondary N) is 1. The maximum atomic E-state index is 12.8. The molecule has 1 aromatic heterocycles. The summed E-state index contributed by atoms with van der Waals surface area (Å²) in [6.45, 7) is 2.03. The van der Waals surface area contributed by atoms with E-state index in [0.29, 0.717) is 23.2 Å². The number of benzene rings is 3. The van der Waals surface area contributed by atoms with Crippen molar-refractivity contribution >= 4 is 34.4 Å². The minimum absolute atomic E-state index is 0.0282. The topological polar surface area (TPSA) is 75.4 Å². The molecule has 0 bridgehead atoms. The monoisotopic (exact) mass is 478 g/mol. The number of phenolic OH excluding ortho intramolecular Hbond substituents is 1. The van der Waals surface area contributed by atoms with Gasteiger partial charge in [-0.1, -0.05) is 78.5 Å². The molecule has 1 heterocycles. The minimum atomic E-state index is -0.323. The van der Waals surface area contributed by atoms with Gasteiger partial charge < -0.3 is 9.52 Å². The molecule has 6 heteroatoms. The maximum absolute atomic E-state index is 12.8. The SMILES string of the molecule is Cc1ccc(-c2ccc(-c3nc(C4=CC(=S)CC=C4)c(NC(=O)c4ccccc4)o3)c(O)c2)cc1. The predicted molar refractivity (Wildman–Crippen MR) is 143 cm³/mol. The molecule has 0 aliphatic heterocycles. The Morgan fingerprint density at radius 2 is 1.77 bits per heavy atom. The van der Waals surface area contributed by atoms with Gasteiger partial charge in [0.05, 0.1) is 5.56 Å². The Morgan fingerprint density at radius 1 is 1.03 bits per heavy atom. The molecule has 1 aliphatic carbocycles. The molecule has 3 aromatic carbocycles. The summed E-state index contributed by atoms with van der Waals surface area (Å²) in [4.78, 5) is 18.2. The number of aryl methyl sites for hydroxylation is 1. The third kappa shape index (κ3) is 4.83. The largest absolute Gasteiger partial charge is 0.507 e. The number of amides is 1. The molecule has 0 unspecified atom stereocenters. The van der Waals surface area contributed by atoms with Crippen LogP contribution < -0.4 is 5.32 Å². The second kappa shape index (κ2) is 9.52. The highest BCUT2D eigenvalue weighted by Gasteiger charge is 2.22. The summed E-state index contributed by atoms with van der Waals surface area (Å²) >= 11 is 5.37. The zero-order valence-electron chi connectivity index (χ0n) is 19.0. The summed E-state index contributed by atoms with van der Waals surface area (Å²) in [6, 6.07) is 22.3. The molecule has 2 N–H and O–H groups in total. The number of anilines is 1. The van der Waals surface area contributed by atoms with Gasteiger partial charge in [0.25, 0.3) is 5.91 Å². The summed E-state index contributed by atoms with van der Waals surface area (Å²) in [6.07, 6.45) is 6.37. The average molecular weight is 479 g/mol. The Morgan fingerprint density at radius 3 is 2.49 bits per heavy atom. The molecule has 35 heavy (non-hydrogen) atoms. The molecule has 1 aliphatic rings. The standard InChI is InChI=1S/C29H22N2O3S/c1-18-10-12-19(13-11-18)21-14-15-24(25(32)17-21)28-30-26(22-8-5-9-23(35)16-22)29(34-28)31-27(33)20-6-3-2-4-7-20/h2-8,10-17,32H,9H2,1H3,(H,31,33). The van der Waals surface area contributed by atoms with Crippen LogP contribution in [0.2, 0.25) is 0 Å². The molecular weight excluding hydrogens is 456 g/mol. The molecule has 1 amide bonds. The Bertz CT molecular complexity index is 1480. The van der Waals surface area contributed by atoms with Gasteiger partial charge in [-0.3, -0.25) is 10.1 Å². The number of hydrogen-bond donors (Lipinski definition) is 2. The van der Waals surface area contributed by atoms with Crippen LogP contribution in [0, 0.1) is 6.92 Å². The van der Waals surface area contributed by atoms with Gasteiger partial charge >= 0.3 is 0 Å². The Kier molecular flexibility index (Phi) is 6.12. The van der Waals surface area contributed by atoms with Crippen LogP contribution in [0.25, 0.3) is 28.2 Å². The second-order valence-electron chi connectivity index (χ2n) is 8.29. The van der Waals surface area contributed by atoms with Crippen molar-refractivity contribution in [3.63, 3.8) is 0 Å². The molecule has 0 radical (unpaired) electrons. The van der Waals surface area contributed by atoms with E-state index in [-0.39, 0.29) is 23.4 Å². The van der Waals surface area contributed by atoms with Crippen LogP contribution in [-0.2, 0) is 0 Å². The average Bonchev–Trinajstić information content (AvgIpc) is 3.28. The van der Waals surface area contributed by atoms with Crippen molar-refractivity contribution in [2.75, 3.05) is 5.32 Å². The molecule has 0 atom stereocenters. The lowest BCUT2D eigenvalue weighted by Gasteiger charge is -2.07. The van der Waals surface area contributed by atoms with Crippen LogP contribution in [0.15, 0.2) is 95.4 Å². The van der Waals surface area contributed by atoms with Crippen molar-refractivity contribution in [1.82, 2.24) is 4.98 Å². The van der Waals surface area contributed by atoms with Crippen LogP contribution in [-0.4, -0.2) is 20.9 Å². The lowest BCUT2D eigenvalue weighted by atomic mass is 10.0. The summed E-state index contributed by atoms with van der Waals surface area (Å²) in [5, 5.41) is 13.7. The van der Waals surface area contributed by atoms with E-state index >= 15 is 0 Å². The molecule has 5 nitrogen and oxygen atoms in total. The molecule has 0 spiro atoms. The lowest BCUT2D eigenvalue weighted by Crippen LogP contribution is -2.12. The van der Waals surface area contributed by atoms with Crippen molar-refractivity contribution in [1.29, 1.82) is 0 Å². The van der Waals surface area contributed by atoms with Gasteiger partial charge in [-0.2, -0.15) is 0 Å². The second-order valence-corrected chi connectivity index (χ2v) is 8.81. The Labute approximate surface area is 208 Å². The number of allylic oxidation sites excluding steroid dienone is 4. The van der Waals surface area contributed by atoms with Gasteiger partial charge in [0.1, 0.15) is 11.4 Å². The first-order valence-electron chi connectivity index (χ1n) is 11.2. The van der Waals surface area contributed by atoms with E-state index in [1.54, 1.807) is 36.4 Å². The van der Waals surface area contributed by atoms with E-state index in [4.69, 9.17) is 16.6 Å². The van der Waals surface area contributed by atoms with Crippen LogP contribution in [0.1, 0.15) is 28.0 Å². The maximum Gasteiger partial charge on any atom is 0.258 e. The summed E-state index contributed by atoms with van der Waals surface area (Å²) < 4.78 is 6.00. The molecule has 0 saturated carbocycles. The van der Waals surface area contributed by atoms with E-state index < -0.39 is 0 Å². The number of aromatic nitrogens is 1. The number of aromatic hydroxyl groups is 1. The highest BCUT2D eigenvalue weighted by molar-refractivity contribution is 7.80. The zero-order valence-corrected chi connectivity index (χ0v) is 19.8. The number of nitrogens with zero attached hydrogens (tertiary/aromatic N) is 1. The number of thiocarbonyl (C=S) groups is 1. The number of phenols is 1. The van der Waals surface area contributed by atoms with E-state index in [1.165, 1.54) is 0 Å². The van der Waals surface area contributed by atoms with E-state index in [0.717, 1.165) is 27.1 Å². The third-order valence-corrected chi connectivity index (χ3v) is 5.99. The molecule has 0 saturated heterocycles. The van der Waals surface area contributed by atoms with Crippen molar-refractivity contribution in [3.05, 3.63) is 108 Å². The quantitative estimate of drug-likeness (QED) is 0.302. The lowest BCUT2D eigenvalue weighted by molar-refractivity contribution is 0.102. The minimum Gasteiger partial charge on any atom is -0.507 e. The van der Waals surface area contributed by atoms with Gasteiger partial charge in [0.2, 0.25) is 11.8 Å². The van der Waals surface area contributed by atoms with E-state index in [2.05, 4.69) is 10.3 Å². The van der Waals surface area contributed by atoms with Gasteiger partial charge in [0, 0.05) is 22.4 Å². The molecule has 4 aromatic rings. The zero-order chi connectivity index (χ0) is 24.4. The Hall–Kier alpha value is -4.29. The van der Waals surface area contributed by atoms with Gasteiger partial charge in [-0.15, -0.1) is 0 Å². The molecule has 172 valence electrons. The van der Waals surface area contributed by atoms with Gasteiger partial charge in [-0.25, -0.2) is 4.98 Å². The van der Waals surface area contributed by atoms with Crippen molar-refractivity contribution in [2.24, 2.45) is 0 Å². The molecule has 5 rings (SSSR count). The van der Waals surface area contributed by atoms with Gasteiger partial charge in [0.15, 0.2) is 0 Å². The number of oxazole rings is 1. The smallest absolute Gasteiger partial charge is 0.258 e. The fraction of sp³-hybridized carbons (Fsp3) is 0.0690. The first-order valence-corrected chi connectivity index (χ1v) is 11.6. The molecular formula is C29H22N2O3S. The van der Waals surface area contributed by atoms with Crippen LogP contribution in [0.4, 0.5) is 5.88 Å². The van der Waals surface area contributed by atoms with E-state index in [9.17, 15) is 9.90 Å². The first-order chi connectivity index (χ1) is 17.0. The number of carbonyl (C=O) groups is 1. The summed E-state index contributed by atoms with van der Waals surface area (Å²) in [7, 11) is 0. The van der Waals surface area contributed by atoms with Crippen LogP contribution in [0.3, 0.4) is 0 Å². The van der Waals surface area contributed by atoms with Crippen molar-refractivity contribution < 1.29 is 14.3 Å². The number of carbonyl (C=O) groups excluding carboxylic acids is 1. The van der Waals surface area contributed by atoms with Crippen LogP contribution in [0.5, 0.6) is 5.75 Å². The number of rotatable bonds is 5. The fourth-order valence-corrected chi connectivity index (χ4v) is 4.07. The highest BCUT2D eigenvalue weighted by atomic mass is 32.1. The first kappa shape index (κ1) is 22.5. The predicted octanol–water partition coefficient (Wildman–Crippen LogP) is 6.99. The summed E-state index contributed by atoms with van der Waals surface area (Å²) in [5.74, 6) is 0.0931.